The van der Waals surface area contributed by atoms with Gasteiger partial charge in [-0.15, -0.1) is 0 Å². The first-order valence-corrected chi connectivity index (χ1v) is 7.68. The third-order valence-electron chi connectivity index (χ3n) is 3.50. The highest BCUT2D eigenvalue weighted by Gasteiger charge is 2.11. The summed E-state index contributed by atoms with van der Waals surface area (Å²) < 4.78 is 26.6. The molecule has 0 radical (unpaired) electrons. The molecule has 0 saturated carbocycles. The van der Waals surface area contributed by atoms with Crippen LogP contribution in [0.1, 0.15) is 15.9 Å². The smallest absolute Gasteiger partial charge is 0.252 e. The highest BCUT2D eigenvalue weighted by Crippen LogP contribution is 2.21. The Hall–Kier alpha value is -3.55. The third kappa shape index (κ3) is 4.29. The number of halogens is 2. The number of hydrogen-bond donors (Lipinski definition) is 3. The average Bonchev–Trinajstić information content (AvgIpc) is 2.60. The normalized spacial score (nSPS) is 10.4. The van der Waals surface area contributed by atoms with Crippen molar-refractivity contribution in [2.45, 2.75) is 6.54 Å². The molecule has 0 aliphatic carbocycles. The van der Waals surface area contributed by atoms with E-state index < -0.39 is 17.5 Å². The fourth-order valence-electron chi connectivity index (χ4n) is 2.34. The maximum atomic E-state index is 13.3. The maximum Gasteiger partial charge on any atom is 0.252 e. The van der Waals surface area contributed by atoms with Crippen molar-refractivity contribution in [2.75, 3.05) is 10.6 Å². The number of pyridine rings is 2. The molecule has 1 amide bonds. The number of aromatic nitrogens is 2. The van der Waals surface area contributed by atoms with E-state index in [1.54, 1.807) is 24.4 Å². The zero-order valence-electron chi connectivity index (χ0n) is 13.5. The Balaban J connectivity index is 1.83. The number of nitrogens with two attached hydrogens (primary N) is 1. The van der Waals surface area contributed by atoms with Gasteiger partial charge in [0, 0.05) is 31.1 Å². The van der Waals surface area contributed by atoms with Gasteiger partial charge in [-0.1, -0.05) is 6.07 Å². The number of hydrogen-bond acceptors (Lipinski definition) is 5. The van der Waals surface area contributed by atoms with Crippen LogP contribution >= 0.6 is 0 Å². The van der Waals surface area contributed by atoms with E-state index >= 15 is 0 Å². The number of amides is 1. The van der Waals surface area contributed by atoms with Gasteiger partial charge in [-0.2, -0.15) is 0 Å². The first-order valence-electron chi connectivity index (χ1n) is 7.68. The van der Waals surface area contributed by atoms with Crippen molar-refractivity contribution < 1.29 is 13.6 Å². The molecule has 1 aromatic carbocycles. The molecular formula is C18H15F2N5O. The molecule has 8 heteroatoms. The second-order valence-corrected chi connectivity index (χ2v) is 5.45. The Kier molecular flexibility index (Phi) is 5.02. The van der Waals surface area contributed by atoms with Crippen molar-refractivity contribution in [1.82, 2.24) is 9.97 Å². The van der Waals surface area contributed by atoms with E-state index in [0.717, 1.165) is 6.07 Å². The summed E-state index contributed by atoms with van der Waals surface area (Å²) in [6, 6.07) is 10.1. The Bertz CT molecular complexity index is 914. The van der Waals surface area contributed by atoms with E-state index in [9.17, 15) is 13.6 Å². The molecule has 0 atom stereocenters. The topological polar surface area (TPSA) is 92.9 Å². The molecule has 0 spiro atoms. The summed E-state index contributed by atoms with van der Waals surface area (Å²) in [6.45, 7) is 0.0992. The Morgan fingerprint density at radius 1 is 1.04 bits per heavy atom. The molecule has 3 aromatic rings. The van der Waals surface area contributed by atoms with Crippen molar-refractivity contribution in [2.24, 2.45) is 5.73 Å². The predicted molar refractivity (Wildman–Crippen MR) is 94.0 cm³/mol. The number of nitrogens with zero attached hydrogens (tertiary/aromatic N) is 2. The van der Waals surface area contributed by atoms with Gasteiger partial charge in [0.25, 0.3) is 5.91 Å². The highest BCUT2D eigenvalue weighted by molar-refractivity contribution is 5.98. The SMILES string of the molecule is NC(=O)c1cnc(Nc2ccccn2)cc1NCc1cc(F)cc(F)c1. The Morgan fingerprint density at radius 2 is 1.81 bits per heavy atom. The van der Waals surface area contributed by atoms with Gasteiger partial charge in [-0.25, -0.2) is 18.7 Å². The molecule has 0 fully saturated rings. The average molecular weight is 355 g/mol. The summed E-state index contributed by atoms with van der Waals surface area (Å²) in [7, 11) is 0. The molecule has 2 heterocycles. The standard InChI is InChI=1S/C18H15F2N5O/c19-12-5-11(6-13(20)7-12)9-23-15-8-17(24-10-14(15)18(21)26)25-16-3-1-2-4-22-16/h1-8,10H,9H2,(H2,21,26)(H2,22,23,24,25). The first-order chi connectivity index (χ1) is 12.5. The molecule has 0 aliphatic rings. The summed E-state index contributed by atoms with van der Waals surface area (Å²) in [5, 5.41) is 5.95. The zero-order chi connectivity index (χ0) is 18.5. The number of nitrogens with one attached hydrogen (secondary N) is 2. The lowest BCUT2D eigenvalue weighted by atomic mass is 10.1. The molecular weight excluding hydrogens is 340 g/mol. The van der Waals surface area contributed by atoms with E-state index in [-0.39, 0.29) is 12.1 Å². The van der Waals surface area contributed by atoms with Crippen LogP contribution in [0.15, 0.2) is 54.9 Å². The summed E-state index contributed by atoms with van der Waals surface area (Å²) in [5.74, 6) is -1.02. The summed E-state index contributed by atoms with van der Waals surface area (Å²) in [6.07, 6.45) is 2.94. The molecule has 0 unspecified atom stereocenters. The molecule has 3 rings (SSSR count). The molecule has 0 aliphatic heterocycles. The molecule has 6 nitrogen and oxygen atoms in total. The van der Waals surface area contributed by atoms with Gasteiger partial charge in [0.2, 0.25) is 0 Å². The van der Waals surface area contributed by atoms with Crippen LogP contribution in [0.3, 0.4) is 0 Å². The number of primary amides is 1. The zero-order valence-corrected chi connectivity index (χ0v) is 13.5. The lowest BCUT2D eigenvalue weighted by molar-refractivity contribution is 0.100. The Morgan fingerprint density at radius 3 is 2.46 bits per heavy atom. The number of anilines is 3. The van der Waals surface area contributed by atoms with E-state index in [1.807, 2.05) is 6.07 Å². The van der Waals surface area contributed by atoms with Crippen molar-refractivity contribution in [3.63, 3.8) is 0 Å². The van der Waals surface area contributed by atoms with Crippen LogP contribution in [0.2, 0.25) is 0 Å². The van der Waals surface area contributed by atoms with Crippen LogP contribution in [0, 0.1) is 11.6 Å². The van der Waals surface area contributed by atoms with Crippen LogP contribution in [0.4, 0.5) is 26.1 Å². The van der Waals surface area contributed by atoms with Crippen LogP contribution < -0.4 is 16.4 Å². The van der Waals surface area contributed by atoms with E-state index in [0.29, 0.717) is 22.9 Å². The van der Waals surface area contributed by atoms with Crippen LogP contribution in [0.5, 0.6) is 0 Å². The van der Waals surface area contributed by atoms with E-state index in [2.05, 4.69) is 20.6 Å². The van der Waals surface area contributed by atoms with Gasteiger partial charge in [0.1, 0.15) is 23.3 Å². The van der Waals surface area contributed by atoms with Crippen LogP contribution in [-0.4, -0.2) is 15.9 Å². The fraction of sp³-hybridized carbons (Fsp3) is 0.0556. The lowest BCUT2D eigenvalue weighted by Gasteiger charge is -2.12. The molecule has 0 bridgehead atoms. The van der Waals surface area contributed by atoms with Crippen LogP contribution in [-0.2, 0) is 6.54 Å². The van der Waals surface area contributed by atoms with Gasteiger partial charge in [-0.3, -0.25) is 4.79 Å². The largest absolute Gasteiger partial charge is 0.380 e. The number of rotatable bonds is 6. The van der Waals surface area contributed by atoms with E-state index in [4.69, 9.17) is 5.73 Å². The maximum absolute atomic E-state index is 13.3. The second kappa shape index (κ2) is 7.56. The predicted octanol–water partition coefficient (Wildman–Crippen LogP) is 3.21. The molecule has 2 aromatic heterocycles. The van der Waals surface area contributed by atoms with Crippen molar-refractivity contribution in [3.05, 3.63) is 77.6 Å². The molecule has 4 N–H and O–H groups in total. The van der Waals surface area contributed by atoms with Gasteiger partial charge in [-0.05, 0) is 29.8 Å². The minimum absolute atomic E-state index is 0.0992. The first kappa shape index (κ1) is 17.3. The Labute approximate surface area is 148 Å². The summed E-state index contributed by atoms with van der Waals surface area (Å²) in [4.78, 5) is 19.9. The minimum atomic E-state index is -0.677. The van der Waals surface area contributed by atoms with Crippen molar-refractivity contribution in [1.29, 1.82) is 0 Å². The van der Waals surface area contributed by atoms with Crippen molar-refractivity contribution in [3.8, 4) is 0 Å². The molecule has 26 heavy (non-hydrogen) atoms. The third-order valence-corrected chi connectivity index (χ3v) is 3.50. The molecule has 0 saturated heterocycles. The van der Waals surface area contributed by atoms with E-state index in [1.165, 1.54) is 18.3 Å². The fourth-order valence-corrected chi connectivity index (χ4v) is 2.34. The molecule has 132 valence electrons. The van der Waals surface area contributed by atoms with Gasteiger partial charge in [0.15, 0.2) is 0 Å². The van der Waals surface area contributed by atoms with Gasteiger partial charge >= 0.3 is 0 Å². The van der Waals surface area contributed by atoms with Crippen LogP contribution in [0.25, 0.3) is 0 Å². The number of benzene rings is 1. The quantitative estimate of drug-likeness (QED) is 0.631. The number of carbonyl (C=O) groups excluding carboxylic acids is 1. The monoisotopic (exact) mass is 355 g/mol. The summed E-state index contributed by atoms with van der Waals surface area (Å²) in [5.41, 5.74) is 6.29. The number of carbonyl (C=O) groups is 1. The highest BCUT2D eigenvalue weighted by atomic mass is 19.1. The van der Waals surface area contributed by atoms with Gasteiger partial charge < -0.3 is 16.4 Å². The summed E-state index contributed by atoms with van der Waals surface area (Å²) >= 11 is 0. The van der Waals surface area contributed by atoms with Gasteiger partial charge in [0.05, 0.1) is 11.3 Å². The minimum Gasteiger partial charge on any atom is -0.380 e. The second-order valence-electron chi connectivity index (χ2n) is 5.45. The lowest BCUT2D eigenvalue weighted by Crippen LogP contribution is -2.15. The van der Waals surface area contributed by atoms with Crippen molar-refractivity contribution >= 4 is 23.2 Å².